The highest BCUT2D eigenvalue weighted by atomic mass is 32.1. The first-order valence-electron chi connectivity index (χ1n) is 4.12. The van der Waals surface area contributed by atoms with Crippen LogP contribution in [0.1, 0.15) is 24.3 Å². The summed E-state index contributed by atoms with van der Waals surface area (Å²) in [6, 6.07) is 3.71. The van der Waals surface area contributed by atoms with E-state index in [9.17, 15) is 4.79 Å². The smallest absolute Gasteiger partial charge is 0.303 e. The minimum absolute atomic E-state index is 0.0175. The monoisotopic (exact) mass is 199 g/mol. The zero-order valence-electron chi connectivity index (χ0n) is 7.43. The number of thiophene rings is 1. The molecule has 0 saturated heterocycles. The van der Waals surface area contributed by atoms with Crippen molar-refractivity contribution >= 4 is 17.3 Å². The molecule has 2 atom stereocenters. The van der Waals surface area contributed by atoms with Crippen molar-refractivity contribution in [1.82, 2.24) is 0 Å². The molecule has 1 aromatic rings. The van der Waals surface area contributed by atoms with Gasteiger partial charge in [0.05, 0.1) is 0 Å². The summed E-state index contributed by atoms with van der Waals surface area (Å²) in [5.74, 6) is -0.810. The number of carboxylic acid groups (broad SMARTS) is 1. The van der Waals surface area contributed by atoms with Gasteiger partial charge in [-0.25, -0.2) is 0 Å². The van der Waals surface area contributed by atoms with E-state index >= 15 is 0 Å². The van der Waals surface area contributed by atoms with Gasteiger partial charge < -0.3 is 10.8 Å². The van der Waals surface area contributed by atoms with Gasteiger partial charge in [0.1, 0.15) is 0 Å². The second-order valence-electron chi connectivity index (χ2n) is 3.12. The molecule has 0 radical (unpaired) electrons. The average molecular weight is 199 g/mol. The molecule has 1 heterocycles. The lowest BCUT2D eigenvalue weighted by Gasteiger charge is -2.16. The maximum absolute atomic E-state index is 10.4. The van der Waals surface area contributed by atoms with E-state index in [4.69, 9.17) is 10.8 Å². The van der Waals surface area contributed by atoms with E-state index in [0.29, 0.717) is 0 Å². The van der Waals surface area contributed by atoms with Crippen LogP contribution in [0.15, 0.2) is 17.5 Å². The summed E-state index contributed by atoms with van der Waals surface area (Å²) >= 11 is 1.57. The van der Waals surface area contributed by atoms with Crippen LogP contribution in [-0.4, -0.2) is 11.1 Å². The van der Waals surface area contributed by atoms with Crippen molar-refractivity contribution in [1.29, 1.82) is 0 Å². The molecule has 72 valence electrons. The largest absolute Gasteiger partial charge is 0.481 e. The van der Waals surface area contributed by atoms with E-state index in [1.165, 1.54) is 0 Å². The maximum atomic E-state index is 10.4. The van der Waals surface area contributed by atoms with Crippen LogP contribution in [0.3, 0.4) is 0 Å². The number of aliphatic carboxylic acids is 1. The molecule has 4 heteroatoms. The van der Waals surface area contributed by atoms with Gasteiger partial charge in [-0.15, -0.1) is 11.3 Å². The van der Waals surface area contributed by atoms with Crippen LogP contribution in [0, 0.1) is 5.92 Å². The molecule has 0 fully saturated rings. The molecule has 0 amide bonds. The molecular formula is C9H13NO2S. The van der Waals surface area contributed by atoms with Crippen molar-refractivity contribution in [3.05, 3.63) is 22.4 Å². The van der Waals surface area contributed by atoms with E-state index in [1.54, 1.807) is 11.3 Å². The highest BCUT2D eigenvalue weighted by Gasteiger charge is 2.18. The van der Waals surface area contributed by atoms with Gasteiger partial charge in [-0.3, -0.25) is 4.79 Å². The molecule has 1 aromatic heterocycles. The summed E-state index contributed by atoms with van der Waals surface area (Å²) in [6.45, 7) is 1.86. The van der Waals surface area contributed by atoms with Crippen LogP contribution in [0.2, 0.25) is 0 Å². The third-order valence-electron chi connectivity index (χ3n) is 1.98. The zero-order chi connectivity index (χ0) is 9.84. The number of hydrogen-bond donors (Lipinski definition) is 2. The second kappa shape index (κ2) is 4.39. The van der Waals surface area contributed by atoms with Gasteiger partial charge in [0.2, 0.25) is 0 Å². The average Bonchev–Trinajstić information content (AvgIpc) is 2.53. The Morgan fingerprint density at radius 1 is 1.77 bits per heavy atom. The van der Waals surface area contributed by atoms with Crippen LogP contribution in [0.4, 0.5) is 0 Å². The van der Waals surface area contributed by atoms with Gasteiger partial charge in [0, 0.05) is 17.3 Å². The van der Waals surface area contributed by atoms with E-state index in [0.717, 1.165) is 4.88 Å². The molecule has 0 aliphatic carbocycles. The van der Waals surface area contributed by atoms with Gasteiger partial charge in [0.25, 0.3) is 0 Å². The summed E-state index contributed by atoms with van der Waals surface area (Å²) in [4.78, 5) is 11.5. The fourth-order valence-electron chi connectivity index (χ4n) is 1.16. The molecule has 0 aromatic carbocycles. The molecule has 13 heavy (non-hydrogen) atoms. The first-order valence-corrected chi connectivity index (χ1v) is 5.00. The fourth-order valence-corrected chi connectivity index (χ4v) is 2.02. The zero-order valence-corrected chi connectivity index (χ0v) is 8.25. The van der Waals surface area contributed by atoms with Crippen molar-refractivity contribution < 1.29 is 9.90 Å². The molecule has 3 nitrogen and oxygen atoms in total. The second-order valence-corrected chi connectivity index (χ2v) is 4.10. The Morgan fingerprint density at radius 2 is 2.46 bits per heavy atom. The van der Waals surface area contributed by atoms with Crippen molar-refractivity contribution in [2.75, 3.05) is 0 Å². The van der Waals surface area contributed by atoms with Crippen molar-refractivity contribution in [3.8, 4) is 0 Å². The fraction of sp³-hybridized carbons (Fsp3) is 0.444. The number of nitrogens with two attached hydrogens (primary N) is 1. The number of carboxylic acids is 1. The topological polar surface area (TPSA) is 63.3 Å². The highest BCUT2D eigenvalue weighted by molar-refractivity contribution is 7.10. The van der Waals surface area contributed by atoms with Gasteiger partial charge in [-0.2, -0.15) is 0 Å². The van der Waals surface area contributed by atoms with E-state index in [1.807, 2.05) is 24.4 Å². The normalized spacial score (nSPS) is 15.2. The van der Waals surface area contributed by atoms with Crippen LogP contribution in [-0.2, 0) is 4.79 Å². The lowest BCUT2D eigenvalue weighted by molar-refractivity contribution is -0.138. The molecule has 0 aliphatic rings. The minimum Gasteiger partial charge on any atom is -0.481 e. The standard InChI is InChI=1S/C9H13NO2S/c1-6(5-8(11)12)9(10)7-3-2-4-13-7/h2-4,6,9H,5,10H2,1H3,(H,11,12). The van der Waals surface area contributed by atoms with Gasteiger partial charge in [-0.1, -0.05) is 13.0 Å². The highest BCUT2D eigenvalue weighted by Crippen LogP contribution is 2.25. The Labute approximate surface area is 81.2 Å². The van der Waals surface area contributed by atoms with E-state index in [2.05, 4.69) is 0 Å². The molecule has 1 rings (SSSR count). The summed E-state index contributed by atoms with van der Waals surface area (Å²) in [7, 11) is 0. The Kier molecular flexibility index (Phi) is 3.45. The lowest BCUT2D eigenvalue weighted by Crippen LogP contribution is -2.20. The van der Waals surface area contributed by atoms with Crippen molar-refractivity contribution in [2.45, 2.75) is 19.4 Å². The van der Waals surface area contributed by atoms with Crippen LogP contribution in [0.5, 0.6) is 0 Å². The lowest BCUT2D eigenvalue weighted by atomic mass is 9.98. The van der Waals surface area contributed by atoms with Gasteiger partial charge >= 0.3 is 5.97 Å². The Morgan fingerprint density at radius 3 is 2.92 bits per heavy atom. The van der Waals surface area contributed by atoms with E-state index in [-0.39, 0.29) is 18.4 Å². The van der Waals surface area contributed by atoms with E-state index < -0.39 is 5.97 Å². The van der Waals surface area contributed by atoms with Crippen LogP contribution in [0.25, 0.3) is 0 Å². The molecular weight excluding hydrogens is 186 g/mol. The number of rotatable bonds is 4. The SMILES string of the molecule is CC(CC(=O)O)C(N)c1cccs1. The minimum atomic E-state index is -0.792. The summed E-state index contributed by atoms with van der Waals surface area (Å²) in [6.07, 6.45) is 0.124. The van der Waals surface area contributed by atoms with Crippen molar-refractivity contribution in [3.63, 3.8) is 0 Å². The summed E-state index contributed by atoms with van der Waals surface area (Å²) < 4.78 is 0. The van der Waals surface area contributed by atoms with Crippen LogP contribution >= 0.6 is 11.3 Å². The first kappa shape index (κ1) is 10.2. The summed E-state index contributed by atoms with van der Waals surface area (Å²) in [5, 5.41) is 10.5. The predicted octanol–water partition coefficient (Wildman–Crippen LogP) is 1.86. The molecule has 3 N–H and O–H groups in total. The van der Waals surface area contributed by atoms with Gasteiger partial charge in [0.15, 0.2) is 0 Å². The number of hydrogen-bond acceptors (Lipinski definition) is 3. The predicted molar refractivity (Wildman–Crippen MR) is 52.7 cm³/mol. The molecule has 2 unspecified atom stereocenters. The number of carbonyl (C=O) groups is 1. The third-order valence-corrected chi connectivity index (χ3v) is 2.95. The Bertz CT molecular complexity index is 271. The van der Waals surface area contributed by atoms with Crippen molar-refractivity contribution in [2.24, 2.45) is 11.7 Å². The Balaban J connectivity index is 2.57. The molecule has 0 saturated carbocycles. The maximum Gasteiger partial charge on any atom is 0.303 e. The quantitative estimate of drug-likeness (QED) is 0.778. The first-order chi connectivity index (χ1) is 6.11. The van der Waals surface area contributed by atoms with Crippen LogP contribution < -0.4 is 5.73 Å². The molecule has 0 bridgehead atoms. The third kappa shape index (κ3) is 2.82. The molecule has 0 aliphatic heterocycles. The molecule has 0 spiro atoms. The Hall–Kier alpha value is -0.870. The van der Waals surface area contributed by atoms with Gasteiger partial charge in [-0.05, 0) is 17.4 Å². The summed E-state index contributed by atoms with van der Waals surface area (Å²) in [5.41, 5.74) is 5.88.